The van der Waals surface area contributed by atoms with Gasteiger partial charge in [-0.25, -0.2) is 4.39 Å². The lowest BCUT2D eigenvalue weighted by Crippen LogP contribution is -2.30. The van der Waals surface area contributed by atoms with Gasteiger partial charge in [-0.3, -0.25) is 11.3 Å². The Labute approximate surface area is 134 Å². The Morgan fingerprint density at radius 1 is 1.25 bits per heavy atom. The highest BCUT2D eigenvalue weighted by atomic mass is 79.9. The zero-order valence-corrected chi connectivity index (χ0v) is 14.1. The molecular formula is C15H15Br2FN2. The lowest BCUT2D eigenvalue weighted by atomic mass is 9.98. The van der Waals surface area contributed by atoms with Crippen LogP contribution in [0, 0.1) is 12.7 Å². The van der Waals surface area contributed by atoms with E-state index < -0.39 is 0 Å². The van der Waals surface area contributed by atoms with Gasteiger partial charge in [0.2, 0.25) is 0 Å². The van der Waals surface area contributed by atoms with Crippen molar-refractivity contribution in [1.29, 1.82) is 0 Å². The van der Waals surface area contributed by atoms with Crippen LogP contribution in [0.2, 0.25) is 0 Å². The maximum Gasteiger partial charge on any atom is 0.124 e. The molecule has 2 rings (SSSR count). The number of hydrogen-bond donors (Lipinski definition) is 2. The summed E-state index contributed by atoms with van der Waals surface area (Å²) in [7, 11) is 0. The number of benzene rings is 2. The number of hydrogen-bond acceptors (Lipinski definition) is 2. The molecule has 20 heavy (non-hydrogen) atoms. The van der Waals surface area contributed by atoms with E-state index in [1.165, 1.54) is 12.1 Å². The van der Waals surface area contributed by atoms with E-state index in [4.69, 9.17) is 5.84 Å². The lowest BCUT2D eigenvalue weighted by Gasteiger charge is -2.19. The van der Waals surface area contributed by atoms with E-state index in [0.717, 1.165) is 25.6 Å². The monoisotopic (exact) mass is 400 g/mol. The minimum Gasteiger partial charge on any atom is -0.271 e. The van der Waals surface area contributed by atoms with Crippen molar-refractivity contribution < 1.29 is 4.39 Å². The lowest BCUT2D eigenvalue weighted by molar-refractivity contribution is 0.546. The standard InChI is InChI=1S/C15H15Br2FN2/c1-9-3-2-4-13(15(9)17)14(20-19)7-10-5-11(16)8-12(18)6-10/h2-6,8,14,20H,7,19H2,1H3. The summed E-state index contributed by atoms with van der Waals surface area (Å²) in [5.74, 6) is 5.42. The van der Waals surface area contributed by atoms with E-state index in [9.17, 15) is 4.39 Å². The topological polar surface area (TPSA) is 38.0 Å². The summed E-state index contributed by atoms with van der Waals surface area (Å²) in [4.78, 5) is 0. The molecule has 2 aromatic carbocycles. The van der Waals surface area contributed by atoms with Crippen LogP contribution in [0.1, 0.15) is 22.7 Å². The summed E-state index contributed by atoms with van der Waals surface area (Å²) in [6, 6.07) is 10.8. The van der Waals surface area contributed by atoms with E-state index in [-0.39, 0.29) is 11.9 Å². The fourth-order valence-electron chi connectivity index (χ4n) is 2.16. The zero-order valence-electron chi connectivity index (χ0n) is 11.0. The van der Waals surface area contributed by atoms with E-state index in [0.29, 0.717) is 6.42 Å². The first-order valence-electron chi connectivity index (χ1n) is 6.17. The SMILES string of the molecule is Cc1cccc(C(Cc2cc(F)cc(Br)c2)NN)c1Br. The van der Waals surface area contributed by atoms with Crippen molar-refractivity contribution in [2.24, 2.45) is 5.84 Å². The number of nitrogens with two attached hydrogens (primary N) is 1. The van der Waals surface area contributed by atoms with Crippen LogP contribution in [0.15, 0.2) is 45.3 Å². The highest BCUT2D eigenvalue weighted by Gasteiger charge is 2.15. The van der Waals surface area contributed by atoms with Crippen molar-refractivity contribution in [3.05, 3.63) is 67.9 Å². The molecule has 0 amide bonds. The van der Waals surface area contributed by atoms with Crippen molar-refractivity contribution in [3.63, 3.8) is 0 Å². The highest BCUT2D eigenvalue weighted by Crippen LogP contribution is 2.29. The first-order valence-corrected chi connectivity index (χ1v) is 7.76. The predicted octanol–water partition coefficient (Wildman–Crippen LogP) is 4.41. The average molecular weight is 402 g/mol. The molecule has 0 aliphatic carbocycles. The Balaban J connectivity index is 2.31. The third-order valence-electron chi connectivity index (χ3n) is 3.16. The Kier molecular flexibility index (Phi) is 5.32. The van der Waals surface area contributed by atoms with Gasteiger partial charge in [0.05, 0.1) is 6.04 Å². The van der Waals surface area contributed by atoms with Gasteiger partial charge in [0, 0.05) is 8.95 Å². The highest BCUT2D eigenvalue weighted by molar-refractivity contribution is 9.10. The Morgan fingerprint density at radius 3 is 2.65 bits per heavy atom. The smallest absolute Gasteiger partial charge is 0.124 e. The van der Waals surface area contributed by atoms with Crippen LogP contribution >= 0.6 is 31.9 Å². The molecule has 0 saturated carbocycles. The summed E-state index contributed by atoms with van der Waals surface area (Å²) in [5.41, 5.74) is 5.89. The van der Waals surface area contributed by atoms with Gasteiger partial charge in [0.15, 0.2) is 0 Å². The molecule has 106 valence electrons. The maximum atomic E-state index is 13.4. The summed E-state index contributed by atoms with van der Waals surface area (Å²) in [6.07, 6.45) is 0.606. The molecule has 1 atom stereocenters. The first-order chi connectivity index (χ1) is 9.51. The van der Waals surface area contributed by atoms with Crippen molar-refractivity contribution in [2.45, 2.75) is 19.4 Å². The van der Waals surface area contributed by atoms with Crippen LogP contribution in [0.4, 0.5) is 4.39 Å². The molecule has 2 nitrogen and oxygen atoms in total. The average Bonchev–Trinajstić information content (AvgIpc) is 2.38. The molecule has 5 heteroatoms. The predicted molar refractivity (Wildman–Crippen MR) is 86.7 cm³/mol. The van der Waals surface area contributed by atoms with Gasteiger partial charge in [0.25, 0.3) is 0 Å². The molecule has 2 aromatic rings. The van der Waals surface area contributed by atoms with Gasteiger partial charge in [-0.1, -0.05) is 50.1 Å². The molecule has 0 aliphatic heterocycles. The van der Waals surface area contributed by atoms with E-state index >= 15 is 0 Å². The maximum absolute atomic E-state index is 13.4. The third-order valence-corrected chi connectivity index (χ3v) is 4.70. The van der Waals surface area contributed by atoms with Gasteiger partial charge in [0.1, 0.15) is 5.82 Å². The van der Waals surface area contributed by atoms with E-state index in [1.54, 1.807) is 0 Å². The van der Waals surface area contributed by atoms with Crippen molar-refractivity contribution in [2.75, 3.05) is 0 Å². The van der Waals surface area contributed by atoms with Gasteiger partial charge in [-0.15, -0.1) is 0 Å². The molecule has 0 spiro atoms. The molecule has 0 aliphatic rings. The second kappa shape index (κ2) is 6.80. The van der Waals surface area contributed by atoms with Crippen LogP contribution < -0.4 is 11.3 Å². The third kappa shape index (κ3) is 3.67. The van der Waals surface area contributed by atoms with Crippen LogP contribution in [-0.2, 0) is 6.42 Å². The van der Waals surface area contributed by atoms with Crippen molar-refractivity contribution in [1.82, 2.24) is 5.43 Å². The summed E-state index contributed by atoms with van der Waals surface area (Å²) in [5, 5.41) is 0. The van der Waals surface area contributed by atoms with E-state index in [1.807, 2.05) is 31.2 Å². The van der Waals surface area contributed by atoms with Crippen molar-refractivity contribution >= 4 is 31.9 Å². The van der Waals surface area contributed by atoms with Gasteiger partial charge in [-0.2, -0.15) is 0 Å². The first kappa shape index (κ1) is 15.6. The quantitative estimate of drug-likeness (QED) is 0.588. The van der Waals surface area contributed by atoms with Crippen LogP contribution in [-0.4, -0.2) is 0 Å². The Hall–Kier alpha value is -0.750. The minimum absolute atomic E-state index is 0.0852. The fraction of sp³-hybridized carbons (Fsp3) is 0.200. The molecule has 0 fully saturated rings. The number of rotatable bonds is 4. The molecule has 0 radical (unpaired) electrons. The molecule has 0 saturated heterocycles. The van der Waals surface area contributed by atoms with E-state index in [2.05, 4.69) is 37.3 Å². The molecule has 3 N–H and O–H groups in total. The summed E-state index contributed by atoms with van der Waals surface area (Å²) < 4.78 is 15.2. The fourth-order valence-corrected chi connectivity index (χ4v) is 3.22. The molecule has 1 unspecified atom stereocenters. The van der Waals surface area contributed by atoms with Crippen LogP contribution in [0.25, 0.3) is 0 Å². The largest absolute Gasteiger partial charge is 0.271 e. The molecule has 0 bridgehead atoms. The second-order valence-electron chi connectivity index (χ2n) is 4.68. The van der Waals surface area contributed by atoms with Crippen LogP contribution in [0.5, 0.6) is 0 Å². The van der Waals surface area contributed by atoms with Gasteiger partial charge in [-0.05, 0) is 48.2 Å². The number of nitrogens with one attached hydrogen (secondary N) is 1. The molecular weight excluding hydrogens is 387 g/mol. The normalized spacial score (nSPS) is 12.4. The Morgan fingerprint density at radius 2 is 2.00 bits per heavy atom. The minimum atomic E-state index is -0.256. The summed E-state index contributed by atoms with van der Waals surface area (Å²) >= 11 is 6.89. The van der Waals surface area contributed by atoms with Gasteiger partial charge >= 0.3 is 0 Å². The van der Waals surface area contributed by atoms with Gasteiger partial charge < -0.3 is 0 Å². The number of aryl methyl sites for hydroxylation is 1. The molecule has 0 aromatic heterocycles. The second-order valence-corrected chi connectivity index (χ2v) is 6.39. The number of hydrazine groups is 1. The summed E-state index contributed by atoms with van der Waals surface area (Å²) in [6.45, 7) is 2.03. The number of halogens is 3. The molecule has 0 heterocycles. The zero-order chi connectivity index (χ0) is 14.7. The Bertz CT molecular complexity index is 597. The van der Waals surface area contributed by atoms with Crippen LogP contribution in [0.3, 0.4) is 0 Å². The van der Waals surface area contributed by atoms with Crippen molar-refractivity contribution in [3.8, 4) is 0 Å².